The van der Waals surface area contributed by atoms with Crippen molar-refractivity contribution < 1.29 is 9.90 Å². The minimum absolute atomic E-state index is 0.117. The first kappa shape index (κ1) is 20.2. The minimum atomic E-state index is -0.148. The number of hydrogen-bond donors (Lipinski definition) is 2. The lowest BCUT2D eigenvalue weighted by Crippen LogP contribution is -2.14. The number of phenolic OH excluding ortho intramolecular Hbond substituents is 1. The summed E-state index contributed by atoms with van der Waals surface area (Å²) in [5, 5.41) is 22.3. The van der Waals surface area contributed by atoms with Crippen LogP contribution >= 0.6 is 27.7 Å². The average Bonchev–Trinajstić information content (AvgIpc) is 3.17. The quantitative estimate of drug-likeness (QED) is 0.373. The number of nitrogens with zero attached hydrogens (tertiary/aromatic N) is 3. The molecule has 30 heavy (non-hydrogen) atoms. The molecule has 4 rings (SSSR count). The van der Waals surface area contributed by atoms with Crippen LogP contribution < -0.4 is 5.32 Å². The molecule has 0 aliphatic carbocycles. The van der Waals surface area contributed by atoms with E-state index in [1.54, 1.807) is 18.2 Å². The highest BCUT2D eigenvalue weighted by Gasteiger charge is 2.19. The van der Waals surface area contributed by atoms with Gasteiger partial charge in [-0.15, -0.1) is 10.2 Å². The number of benzene rings is 3. The Bertz CT molecular complexity index is 1180. The molecule has 0 fully saturated rings. The van der Waals surface area contributed by atoms with E-state index >= 15 is 0 Å². The summed E-state index contributed by atoms with van der Waals surface area (Å²) in [6, 6.07) is 24.0. The Morgan fingerprint density at radius 3 is 2.53 bits per heavy atom. The smallest absolute Gasteiger partial charge is 0.234 e. The van der Waals surface area contributed by atoms with Crippen LogP contribution in [0.15, 0.2) is 88.5 Å². The molecule has 0 aliphatic rings. The van der Waals surface area contributed by atoms with E-state index in [1.807, 2.05) is 65.2 Å². The molecule has 4 aromatic rings. The van der Waals surface area contributed by atoms with Gasteiger partial charge in [0.15, 0.2) is 11.0 Å². The van der Waals surface area contributed by atoms with Crippen molar-refractivity contribution in [1.82, 2.24) is 14.8 Å². The number of rotatable bonds is 6. The lowest BCUT2D eigenvalue weighted by atomic mass is 10.2. The molecule has 8 heteroatoms. The fourth-order valence-electron chi connectivity index (χ4n) is 2.90. The summed E-state index contributed by atoms with van der Waals surface area (Å²) in [5.41, 5.74) is 2.13. The zero-order valence-corrected chi connectivity index (χ0v) is 18.1. The predicted molar refractivity (Wildman–Crippen MR) is 122 cm³/mol. The molecule has 1 amide bonds. The number of aromatic nitrogens is 3. The van der Waals surface area contributed by atoms with Gasteiger partial charge in [-0.3, -0.25) is 9.36 Å². The molecule has 6 nitrogen and oxygen atoms in total. The Balaban J connectivity index is 1.60. The van der Waals surface area contributed by atoms with Crippen LogP contribution in [0.1, 0.15) is 0 Å². The first-order valence-corrected chi connectivity index (χ1v) is 10.9. The Morgan fingerprint density at radius 2 is 1.77 bits per heavy atom. The van der Waals surface area contributed by atoms with E-state index in [0.29, 0.717) is 16.5 Å². The molecule has 0 saturated carbocycles. The van der Waals surface area contributed by atoms with Crippen LogP contribution in [-0.2, 0) is 4.79 Å². The maximum absolute atomic E-state index is 12.4. The zero-order chi connectivity index (χ0) is 20.9. The van der Waals surface area contributed by atoms with Gasteiger partial charge in [0.25, 0.3) is 0 Å². The third-order valence-corrected chi connectivity index (χ3v) is 5.66. The van der Waals surface area contributed by atoms with Crippen molar-refractivity contribution in [3.63, 3.8) is 0 Å². The Morgan fingerprint density at radius 1 is 1.00 bits per heavy atom. The Kier molecular flexibility index (Phi) is 6.15. The monoisotopic (exact) mass is 480 g/mol. The normalized spacial score (nSPS) is 10.7. The third kappa shape index (κ3) is 4.55. The van der Waals surface area contributed by atoms with Crippen molar-refractivity contribution in [1.29, 1.82) is 0 Å². The fraction of sp³-hybridized carbons (Fsp3) is 0.0455. The number of aromatic hydroxyl groups is 1. The standard InChI is InChI=1S/C22H17BrN4O2S/c23-15-7-6-8-16(13-15)24-20(29)14-30-22-26-25-21(18-11-4-5-12-19(18)28)27(22)17-9-2-1-3-10-17/h1-13,28H,14H2,(H,24,29). The van der Waals surface area contributed by atoms with Crippen molar-refractivity contribution in [2.75, 3.05) is 11.1 Å². The highest BCUT2D eigenvalue weighted by atomic mass is 79.9. The van der Waals surface area contributed by atoms with E-state index in [0.717, 1.165) is 15.8 Å². The number of carbonyl (C=O) groups excluding carboxylic acids is 1. The van der Waals surface area contributed by atoms with Crippen molar-refractivity contribution in [3.8, 4) is 22.8 Å². The molecule has 0 radical (unpaired) electrons. The highest BCUT2D eigenvalue weighted by molar-refractivity contribution is 9.10. The minimum Gasteiger partial charge on any atom is -0.507 e. The SMILES string of the molecule is O=C(CSc1nnc(-c2ccccc2O)n1-c1ccccc1)Nc1cccc(Br)c1. The highest BCUT2D eigenvalue weighted by Crippen LogP contribution is 2.32. The second kappa shape index (κ2) is 9.15. The Hall–Kier alpha value is -3.10. The van der Waals surface area contributed by atoms with Gasteiger partial charge in [-0.2, -0.15) is 0 Å². The van der Waals surface area contributed by atoms with E-state index < -0.39 is 0 Å². The van der Waals surface area contributed by atoms with Gasteiger partial charge in [-0.05, 0) is 42.5 Å². The van der Waals surface area contributed by atoms with Gasteiger partial charge < -0.3 is 10.4 Å². The van der Waals surface area contributed by atoms with E-state index in [9.17, 15) is 9.90 Å². The van der Waals surface area contributed by atoms with Crippen molar-refractivity contribution in [2.24, 2.45) is 0 Å². The maximum atomic E-state index is 12.4. The lowest BCUT2D eigenvalue weighted by molar-refractivity contribution is -0.113. The second-order valence-electron chi connectivity index (χ2n) is 6.34. The van der Waals surface area contributed by atoms with Gasteiger partial charge in [-0.1, -0.05) is 64.1 Å². The summed E-state index contributed by atoms with van der Waals surface area (Å²) in [6.07, 6.45) is 0. The number of hydrogen-bond acceptors (Lipinski definition) is 5. The van der Waals surface area contributed by atoms with Gasteiger partial charge in [0.05, 0.1) is 11.3 Å². The van der Waals surface area contributed by atoms with E-state index in [1.165, 1.54) is 11.8 Å². The number of carbonyl (C=O) groups is 1. The molecule has 1 aromatic heterocycles. The number of nitrogens with one attached hydrogen (secondary N) is 1. The molecule has 1 heterocycles. The van der Waals surface area contributed by atoms with Crippen molar-refractivity contribution in [2.45, 2.75) is 5.16 Å². The largest absolute Gasteiger partial charge is 0.507 e. The first-order valence-electron chi connectivity index (χ1n) is 9.09. The molecule has 0 atom stereocenters. The van der Waals surface area contributed by atoms with Crippen LogP contribution in [0.2, 0.25) is 0 Å². The number of anilines is 1. The number of thioether (sulfide) groups is 1. The molecule has 0 aliphatic heterocycles. The zero-order valence-electron chi connectivity index (χ0n) is 15.7. The van der Waals surface area contributed by atoms with Gasteiger partial charge in [0, 0.05) is 15.8 Å². The summed E-state index contributed by atoms with van der Waals surface area (Å²) in [4.78, 5) is 12.4. The molecule has 150 valence electrons. The summed E-state index contributed by atoms with van der Waals surface area (Å²) in [5.74, 6) is 0.642. The molecular formula is C22H17BrN4O2S. The second-order valence-corrected chi connectivity index (χ2v) is 8.20. The summed E-state index contributed by atoms with van der Waals surface area (Å²) in [7, 11) is 0. The number of halogens is 1. The van der Waals surface area contributed by atoms with Gasteiger partial charge in [0.2, 0.25) is 5.91 Å². The van der Waals surface area contributed by atoms with Crippen LogP contribution in [0.5, 0.6) is 5.75 Å². The van der Waals surface area contributed by atoms with E-state index in [2.05, 4.69) is 31.4 Å². The summed E-state index contributed by atoms with van der Waals surface area (Å²) < 4.78 is 2.73. The van der Waals surface area contributed by atoms with Crippen LogP contribution in [0.4, 0.5) is 5.69 Å². The summed E-state index contributed by atoms with van der Waals surface area (Å²) in [6.45, 7) is 0. The van der Waals surface area contributed by atoms with Crippen LogP contribution in [0.3, 0.4) is 0 Å². The molecule has 0 spiro atoms. The van der Waals surface area contributed by atoms with Crippen LogP contribution in [-0.4, -0.2) is 31.5 Å². The van der Waals surface area contributed by atoms with Crippen molar-refractivity contribution >= 4 is 39.3 Å². The summed E-state index contributed by atoms with van der Waals surface area (Å²) >= 11 is 4.67. The first-order chi connectivity index (χ1) is 14.6. The van der Waals surface area contributed by atoms with E-state index in [4.69, 9.17) is 0 Å². The van der Waals surface area contributed by atoms with Gasteiger partial charge >= 0.3 is 0 Å². The van der Waals surface area contributed by atoms with E-state index in [-0.39, 0.29) is 17.4 Å². The van der Waals surface area contributed by atoms with Crippen molar-refractivity contribution in [3.05, 3.63) is 83.3 Å². The molecular weight excluding hydrogens is 464 g/mol. The topological polar surface area (TPSA) is 80.0 Å². The molecule has 0 unspecified atom stereocenters. The lowest BCUT2D eigenvalue weighted by Gasteiger charge is -2.11. The molecule has 3 aromatic carbocycles. The number of phenols is 1. The molecule has 2 N–H and O–H groups in total. The Labute approximate surface area is 186 Å². The molecule has 0 saturated heterocycles. The van der Waals surface area contributed by atoms with Crippen LogP contribution in [0.25, 0.3) is 17.1 Å². The average molecular weight is 481 g/mol. The molecule has 0 bridgehead atoms. The van der Waals surface area contributed by atoms with Crippen LogP contribution in [0, 0.1) is 0 Å². The predicted octanol–water partition coefficient (Wildman–Crippen LogP) is 5.13. The number of para-hydroxylation sites is 2. The fourth-order valence-corrected chi connectivity index (χ4v) is 4.05. The van der Waals surface area contributed by atoms with Gasteiger partial charge in [-0.25, -0.2) is 0 Å². The number of amides is 1. The maximum Gasteiger partial charge on any atom is 0.234 e. The third-order valence-electron chi connectivity index (χ3n) is 4.23. The van der Waals surface area contributed by atoms with Gasteiger partial charge in [0.1, 0.15) is 5.75 Å².